The summed E-state index contributed by atoms with van der Waals surface area (Å²) in [5, 5.41) is 4.05. The number of pyridine rings is 1. The van der Waals surface area contributed by atoms with Crippen molar-refractivity contribution < 1.29 is 14.3 Å². The number of thiazole rings is 1. The number of rotatable bonds is 5. The molecule has 0 fully saturated rings. The number of para-hydroxylation sites is 1. The second-order valence-corrected chi connectivity index (χ2v) is 6.40. The van der Waals surface area contributed by atoms with Crippen LogP contribution in [0.2, 0.25) is 0 Å². The predicted octanol–water partition coefficient (Wildman–Crippen LogP) is 3.83. The van der Waals surface area contributed by atoms with Gasteiger partial charge in [-0.2, -0.15) is 0 Å². The number of aromatic nitrogens is 2. The van der Waals surface area contributed by atoms with Crippen molar-refractivity contribution in [3.05, 3.63) is 58.7 Å². The molecule has 3 aromatic rings. The molecule has 2 aromatic heterocycles. The molecule has 0 spiro atoms. The number of esters is 1. The van der Waals surface area contributed by atoms with E-state index in [2.05, 4.69) is 15.3 Å². The van der Waals surface area contributed by atoms with Crippen molar-refractivity contribution in [1.82, 2.24) is 9.97 Å². The quantitative estimate of drug-likeness (QED) is 0.547. The summed E-state index contributed by atoms with van der Waals surface area (Å²) in [6, 6.07) is 11.6. The summed E-state index contributed by atoms with van der Waals surface area (Å²) in [7, 11) is 0. The summed E-state index contributed by atoms with van der Waals surface area (Å²) in [5.74, 6) is -0.775. The smallest absolute Gasteiger partial charge is 0.350 e. The Kier molecular flexibility index (Phi) is 5.38. The van der Waals surface area contributed by atoms with Crippen molar-refractivity contribution in [1.29, 1.82) is 0 Å². The van der Waals surface area contributed by atoms with E-state index in [1.165, 1.54) is 6.08 Å². The Balaban J connectivity index is 1.69. The molecule has 26 heavy (non-hydrogen) atoms. The largest absolute Gasteiger partial charge is 0.462 e. The molecule has 0 saturated heterocycles. The van der Waals surface area contributed by atoms with Crippen LogP contribution in [0, 0.1) is 6.92 Å². The highest BCUT2D eigenvalue weighted by atomic mass is 32.1. The minimum atomic E-state index is -0.432. The zero-order chi connectivity index (χ0) is 18.5. The average Bonchev–Trinajstić information content (AvgIpc) is 3.00. The number of hydrogen-bond acceptors (Lipinski definition) is 6. The topological polar surface area (TPSA) is 81.2 Å². The molecular weight excluding hydrogens is 350 g/mol. The minimum Gasteiger partial charge on any atom is -0.462 e. The molecule has 0 unspecified atom stereocenters. The number of nitrogens with one attached hydrogen (secondary N) is 1. The molecule has 0 aliphatic rings. The Morgan fingerprint density at radius 3 is 2.81 bits per heavy atom. The maximum Gasteiger partial charge on any atom is 0.350 e. The van der Waals surface area contributed by atoms with Gasteiger partial charge < -0.3 is 4.74 Å². The van der Waals surface area contributed by atoms with Crippen LogP contribution in [0.3, 0.4) is 0 Å². The van der Waals surface area contributed by atoms with Gasteiger partial charge in [0, 0.05) is 11.5 Å². The zero-order valence-electron chi connectivity index (χ0n) is 14.4. The van der Waals surface area contributed by atoms with Gasteiger partial charge in [0.1, 0.15) is 4.88 Å². The fourth-order valence-corrected chi connectivity index (χ4v) is 3.18. The molecule has 1 aromatic carbocycles. The standard InChI is InChI=1S/C19H17N3O3S/c1-3-25-18(24)17-12(2)20-19(26-17)22-16(23)11-10-14-9-8-13-6-4-5-7-15(13)21-14/h4-11H,3H2,1-2H3,(H,20,22,23). The van der Waals surface area contributed by atoms with Crippen molar-refractivity contribution in [2.75, 3.05) is 11.9 Å². The predicted molar refractivity (Wildman–Crippen MR) is 102 cm³/mol. The Bertz CT molecular complexity index is 995. The van der Waals surface area contributed by atoms with Gasteiger partial charge in [0.25, 0.3) is 0 Å². The first-order chi connectivity index (χ1) is 12.6. The molecule has 1 N–H and O–H groups in total. The van der Waals surface area contributed by atoms with Gasteiger partial charge in [-0.1, -0.05) is 35.6 Å². The third kappa shape index (κ3) is 4.12. The minimum absolute atomic E-state index is 0.291. The third-order valence-electron chi connectivity index (χ3n) is 3.51. The lowest BCUT2D eigenvalue weighted by atomic mass is 10.2. The molecule has 0 saturated carbocycles. The maximum atomic E-state index is 12.1. The van der Waals surface area contributed by atoms with Crippen LogP contribution in [0.15, 0.2) is 42.5 Å². The normalized spacial score (nSPS) is 11.0. The van der Waals surface area contributed by atoms with E-state index < -0.39 is 5.97 Å². The SMILES string of the molecule is CCOC(=O)c1sc(NC(=O)C=Cc2ccc3ccccc3n2)nc1C. The lowest BCUT2D eigenvalue weighted by Gasteiger charge is -1.99. The van der Waals surface area contributed by atoms with E-state index in [0.717, 1.165) is 22.2 Å². The van der Waals surface area contributed by atoms with Crippen molar-refractivity contribution >= 4 is 45.3 Å². The number of hydrogen-bond donors (Lipinski definition) is 1. The summed E-state index contributed by atoms with van der Waals surface area (Å²) in [6.45, 7) is 3.73. The molecule has 0 atom stereocenters. The Morgan fingerprint density at radius 2 is 2.00 bits per heavy atom. The highest BCUT2D eigenvalue weighted by molar-refractivity contribution is 7.17. The highest BCUT2D eigenvalue weighted by Crippen LogP contribution is 2.23. The van der Waals surface area contributed by atoms with Crippen molar-refractivity contribution in [2.24, 2.45) is 0 Å². The number of carbonyl (C=O) groups excluding carboxylic acids is 2. The van der Waals surface area contributed by atoms with Crippen LogP contribution in [0.1, 0.15) is 28.0 Å². The number of benzene rings is 1. The Morgan fingerprint density at radius 1 is 1.19 bits per heavy atom. The summed E-state index contributed by atoms with van der Waals surface area (Å²) < 4.78 is 4.96. The maximum absolute atomic E-state index is 12.1. The van der Waals surface area contributed by atoms with Crippen LogP contribution < -0.4 is 5.32 Å². The van der Waals surface area contributed by atoms with Crippen molar-refractivity contribution in [2.45, 2.75) is 13.8 Å². The average molecular weight is 367 g/mol. The molecule has 0 bridgehead atoms. The van der Waals surface area contributed by atoms with Gasteiger partial charge in [-0.05, 0) is 32.1 Å². The number of carbonyl (C=O) groups is 2. The Hall–Kier alpha value is -3.06. The van der Waals surface area contributed by atoms with E-state index in [-0.39, 0.29) is 5.91 Å². The summed E-state index contributed by atoms with van der Waals surface area (Å²) in [4.78, 5) is 32.9. The lowest BCUT2D eigenvalue weighted by Crippen LogP contribution is -2.07. The van der Waals surface area contributed by atoms with Crippen LogP contribution >= 0.6 is 11.3 Å². The van der Waals surface area contributed by atoms with Crippen molar-refractivity contribution in [3.63, 3.8) is 0 Å². The van der Waals surface area contributed by atoms with E-state index >= 15 is 0 Å². The summed E-state index contributed by atoms with van der Waals surface area (Å²) in [6.07, 6.45) is 3.02. The highest BCUT2D eigenvalue weighted by Gasteiger charge is 2.16. The first kappa shape index (κ1) is 17.8. The van der Waals surface area contributed by atoms with Gasteiger partial charge in [-0.25, -0.2) is 14.8 Å². The second kappa shape index (κ2) is 7.88. The third-order valence-corrected chi connectivity index (χ3v) is 4.57. The fourth-order valence-electron chi connectivity index (χ4n) is 2.32. The van der Waals surface area contributed by atoms with Crippen LogP contribution in [0.25, 0.3) is 17.0 Å². The molecule has 7 heteroatoms. The fraction of sp³-hybridized carbons (Fsp3) is 0.158. The van der Waals surface area contributed by atoms with Gasteiger partial charge in [-0.15, -0.1) is 0 Å². The lowest BCUT2D eigenvalue weighted by molar-refractivity contribution is -0.111. The number of anilines is 1. The van der Waals surface area contributed by atoms with E-state index in [9.17, 15) is 9.59 Å². The van der Waals surface area contributed by atoms with Gasteiger partial charge in [0.05, 0.1) is 23.5 Å². The van der Waals surface area contributed by atoms with Crippen LogP contribution in [-0.2, 0) is 9.53 Å². The van der Waals surface area contributed by atoms with Gasteiger partial charge in [0.2, 0.25) is 5.91 Å². The summed E-state index contributed by atoms with van der Waals surface area (Å²) in [5.41, 5.74) is 2.08. The van der Waals surface area contributed by atoms with Gasteiger partial charge in [-0.3, -0.25) is 10.1 Å². The molecule has 132 valence electrons. The number of fused-ring (bicyclic) bond motifs is 1. The molecule has 0 radical (unpaired) electrons. The van der Waals surface area contributed by atoms with Crippen molar-refractivity contribution in [3.8, 4) is 0 Å². The van der Waals surface area contributed by atoms with Gasteiger partial charge in [0.15, 0.2) is 5.13 Å². The van der Waals surface area contributed by atoms with E-state index in [1.54, 1.807) is 19.9 Å². The number of nitrogens with zero attached hydrogens (tertiary/aromatic N) is 2. The monoisotopic (exact) mass is 367 g/mol. The first-order valence-electron chi connectivity index (χ1n) is 8.06. The van der Waals surface area contributed by atoms with Crippen LogP contribution in [-0.4, -0.2) is 28.5 Å². The molecule has 0 aliphatic heterocycles. The Labute approximate surface area is 154 Å². The van der Waals surface area contributed by atoms with E-state index in [4.69, 9.17) is 4.74 Å². The first-order valence-corrected chi connectivity index (χ1v) is 8.88. The number of ether oxygens (including phenoxy) is 1. The van der Waals surface area contributed by atoms with Crippen LogP contribution in [0.4, 0.5) is 5.13 Å². The summed E-state index contributed by atoms with van der Waals surface area (Å²) >= 11 is 1.09. The molecular formula is C19H17N3O3S. The van der Waals surface area contributed by atoms with E-state index in [1.807, 2.05) is 36.4 Å². The second-order valence-electron chi connectivity index (χ2n) is 5.41. The molecule has 2 heterocycles. The number of amides is 1. The molecule has 6 nitrogen and oxygen atoms in total. The molecule has 3 rings (SSSR count). The van der Waals surface area contributed by atoms with Crippen LogP contribution in [0.5, 0.6) is 0 Å². The zero-order valence-corrected chi connectivity index (χ0v) is 15.2. The number of aryl methyl sites for hydroxylation is 1. The molecule has 1 amide bonds. The van der Waals surface area contributed by atoms with E-state index in [0.29, 0.717) is 28.0 Å². The van der Waals surface area contributed by atoms with Gasteiger partial charge >= 0.3 is 5.97 Å². The molecule has 0 aliphatic carbocycles.